The first-order valence-corrected chi connectivity index (χ1v) is 27.0. The summed E-state index contributed by atoms with van der Waals surface area (Å²) in [6.07, 6.45) is 26.3. The van der Waals surface area contributed by atoms with Gasteiger partial charge in [-0.05, 0) is 83.5 Å². The molecule has 380 valence electrons. The van der Waals surface area contributed by atoms with Crippen molar-refractivity contribution in [1.29, 1.82) is 0 Å². The highest BCUT2D eigenvalue weighted by Crippen LogP contribution is 2.49. The number of aliphatic hydroxyl groups excluding tert-OH is 4. The molecule has 7 N–H and O–H groups in total. The van der Waals surface area contributed by atoms with E-state index in [0.717, 1.165) is 70.6 Å². The molecule has 0 aromatic rings. The van der Waals surface area contributed by atoms with Gasteiger partial charge in [-0.15, -0.1) is 0 Å². The third kappa shape index (κ3) is 28.2. The van der Waals surface area contributed by atoms with Gasteiger partial charge in [-0.25, -0.2) is 9.13 Å². The quantitative estimate of drug-likeness (QED) is 0.0101. The van der Waals surface area contributed by atoms with Gasteiger partial charge in [0.05, 0.1) is 18.8 Å². The monoisotopic (exact) mass is 978 g/mol. The first kappa shape index (κ1) is 59.8. The molecular formula is C47H80O17P2. The van der Waals surface area contributed by atoms with Crippen LogP contribution in [0.1, 0.15) is 155 Å². The summed E-state index contributed by atoms with van der Waals surface area (Å²) in [5.41, 5.74) is 0. The van der Waals surface area contributed by atoms with Crippen LogP contribution < -0.4 is 0 Å². The minimum Gasteiger partial charge on any atom is -0.462 e. The number of rotatable bonds is 38. The highest BCUT2D eigenvalue weighted by Gasteiger charge is 2.54. The molecule has 2 rings (SSSR count). The minimum absolute atomic E-state index is 0.0456. The van der Waals surface area contributed by atoms with E-state index in [-0.39, 0.29) is 25.0 Å². The number of allylic oxidation sites excluding steroid dienone is 8. The van der Waals surface area contributed by atoms with Crippen LogP contribution in [0.4, 0.5) is 0 Å². The number of esters is 2. The fourth-order valence-electron chi connectivity index (χ4n) is 7.09. The van der Waals surface area contributed by atoms with Crippen molar-refractivity contribution in [3.8, 4) is 0 Å². The van der Waals surface area contributed by atoms with E-state index in [9.17, 15) is 53.8 Å². The highest BCUT2D eigenvalue weighted by molar-refractivity contribution is 7.47. The Labute approximate surface area is 392 Å². The number of unbranched alkanes of at least 4 members (excludes halogenated alkanes) is 12. The molecule has 0 aromatic heterocycles. The summed E-state index contributed by atoms with van der Waals surface area (Å²) < 4.78 is 55.1. The molecule has 1 heterocycles. The lowest BCUT2D eigenvalue weighted by Gasteiger charge is -2.43. The second kappa shape index (κ2) is 34.9. The van der Waals surface area contributed by atoms with Crippen LogP contribution in [-0.2, 0) is 46.5 Å². The molecule has 10 atom stereocenters. The summed E-state index contributed by atoms with van der Waals surface area (Å²) in [5.74, 6) is -1.30. The van der Waals surface area contributed by atoms with E-state index in [1.165, 1.54) is 38.5 Å². The zero-order chi connectivity index (χ0) is 48.6. The third-order valence-corrected chi connectivity index (χ3v) is 12.5. The Balaban J connectivity index is 1.83. The fourth-order valence-corrected chi connectivity index (χ4v) is 8.63. The fraction of sp³-hybridized carbons (Fsp3) is 0.745. The number of carbonyl (C=O) groups excluding carboxylic acids is 2. The molecule has 17 nitrogen and oxygen atoms in total. The van der Waals surface area contributed by atoms with Crippen LogP contribution in [0.15, 0.2) is 60.8 Å². The number of carbonyl (C=O) groups is 2. The van der Waals surface area contributed by atoms with Crippen molar-refractivity contribution in [2.45, 2.75) is 210 Å². The molecule has 19 heteroatoms. The Morgan fingerprint density at radius 2 is 1.02 bits per heavy atom. The van der Waals surface area contributed by atoms with E-state index in [2.05, 4.69) is 67.0 Å². The van der Waals surface area contributed by atoms with Gasteiger partial charge in [0.25, 0.3) is 0 Å². The molecule has 66 heavy (non-hydrogen) atoms. The number of hydrogen-bond acceptors (Lipinski definition) is 14. The summed E-state index contributed by atoms with van der Waals surface area (Å²) in [5, 5.41) is 41.3. The maximum atomic E-state index is 13.0. The highest BCUT2D eigenvalue weighted by atomic mass is 31.2. The molecule has 1 saturated carbocycles. The zero-order valence-corrected chi connectivity index (χ0v) is 40.8. The van der Waals surface area contributed by atoms with Gasteiger partial charge in [-0.2, -0.15) is 0 Å². The van der Waals surface area contributed by atoms with Crippen molar-refractivity contribution in [3.63, 3.8) is 0 Å². The number of phosphoric acid groups is 2. The average Bonchev–Trinajstić information content (AvgIpc) is 4.03. The summed E-state index contributed by atoms with van der Waals surface area (Å²) in [6, 6.07) is 0. The van der Waals surface area contributed by atoms with E-state index in [0.29, 0.717) is 19.3 Å². The Morgan fingerprint density at radius 3 is 1.59 bits per heavy atom. The maximum absolute atomic E-state index is 13.0. The Morgan fingerprint density at radius 1 is 0.545 bits per heavy atom. The second-order valence-electron chi connectivity index (χ2n) is 16.9. The van der Waals surface area contributed by atoms with E-state index >= 15 is 0 Å². The second-order valence-corrected chi connectivity index (χ2v) is 19.5. The lowest BCUT2D eigenvalue weighted by atomic mass is 9.85. The van der Waals surface area contributed by atoms with Crippen LogP contribution in [0.25, 0.3) is 0 Å². The van der Waals surface area contributed by atoms with Gasteiger partial charge in [0.15, 0.2) is 6.10 Å². The van der Waals surface area contributed by atoms with Gasteiger partial charge >= 0.3 is 27.6 Å². The van der Waals surface area contributed by atoms with Crippen molar-refractivity contribution in [2.24, 2.45) is 0 Å². The Hall–Kier alpha value is -2.34. The lowest BCUT2D eigenvalue weighted by Crippen LogP contribution is -2.64. The molecule has 2 aliphatic rings. The van der Waals surface area contributed by atoms with Gasteiger partial charge in [-0.1, -0.05) is 120 Å². The number of hydrogen-bond donors (Lipinski definition) is 7. The molecule has 0 bridgehead atoms. The van der Waals surface area contributed by atoms with Crippen LogP contribution in [0, 0.1) is 0 Å². The van der Waals surface area contributed by atoms with Gasteiger partial charge in [-0.3, -0.25) is 23.2 Å². The predicted octanol–water partition coefficient (Wildman–Crippen LogP) is 8.05. The molecular weight excluding hydrogens is 898 g/mol. The molecule has 1 aliphatic carbocycles. The zero-order valence-electron chi connectivity index (χ0n) is 39.0. The number of aliphatic hydroxyl groups is 4. The van der Waals surface area contributed by atoms with Crippen LogP contribution in [0.5, 0.6) is 0 Å². The van der Waals surface area contributed by atoms with Crippen LogP contribution in [0.2, 0.25) is 0 Å². The molecule has 0 spiro atoms. The molecule has 2 fully saturated rings. The Bertz CT molecular complexity index is 1580. The van der Waals surface area contributed by atoms with Crippen molar-refractivity contribution in [1.82, 2.24) is 0 Å². The molecule has 1 aliphatic heterocycles. The molecule has 0 aromatic carbocycles. The van der Waals surface area contributed by atoms with Crippen LogP contribution in [0.3, 0.4) is 0 Å². The van der Waals surface area contributed by atoms with Crippen molar-refractivity contribution < 1.29 is 81.6 Å². The molecule has 0 radical (unpaired) electrons. The summed E-state index contributed by atoms with van der Waals surface area (Å²) in [7, 11) is -10.7. The normalized spacial score (nSPS) is 25.1. The topological polar surface area (TPSA) is 269 Å². The predicted molar refractivity (Wildman–Crippen MR) is 250 cm³/mol. The summed E-state index contributed by atoms with van der Waals surface area (Å²) in [6.45, 7) is 2.98. The first-order chi connectivity index (χ1) is 31.6. The van der Waals surface area contributed by atoms with Gasteiger partial charge in [0.2, 0.25) is 0 Å². The number of ether oxygens (including phenoxy) is 3. The number of phosphoric ester groups is 2. The molecule has 0 amide bonds. The van der Waals surface area contributed by atoms with Crippen molar-refractivity contribution in [2.75, 3.05) is 13.2 Å². The lowest BCUT2D eigenvalue weighted by molar-refractivity contribution is -0.216. The Kier molecular flexibility index (Phi) is 31.6. The van der Waals surface area contributed by atoms with E-state index < -0.39 is 83.5 Å². The summed E-state index contributed by atoms with van der Waals surface area (Å²) in [4.78, 5) is 54.3. The van der Waals surface area contributed by atoms with Crippen LogP contribution in [-0.4, -0.2) is 115 Å². The average molecular weight is 979 g/mol. The van der Waals surface area contributed by atoms with E-state index in [1.54, 1.807) is 0 Å². The van der Waals surface area contributed by atoms with E-state index in [4.69, 9.17) is 23.3 Å². The minimum atomic E-state index is -5.38. The first-order valence-electron chi connectivity index (χ1n) is 24.0. The largest absolute Gasteiger partial charge is 0.472 e. The van der Waals surface area contributed by atoms with Gasteiger partial charge in [0, 0.05) is 12.8 Å². The third-order valence-electron chi connectivity index (χ3n) is 11.0. The van der Waals surface area contributed by atoms with Crippen LogP contribution >= 0.6 is 15.6 Å². The SMILES string of the molecule is CCCCC/C=C\C/C=C\CCCCCCCC(=O)OC[C@H](COP(=O)(O)O[C@H]1C(O)C(O)C(O)[C@@H](OP(=O)(O)O)C1O)OC(=O)CCC/C=C\CC1OC1C/C=C\C/C=C\CCCCC. The number of epoxide rings is 1. The molecule has 1 saturated heterocycles. The smallest absolute Gasteiger partial charge is 0.462 e. The van der Waals surface area contributed by atoms with Gasteiger partial charge in [0.1, 0.15) is 43.2 Å². The maximum Gasteiger partial charge on any atom is 0.472 e. The van der Waals surface area contributed by atoms with Crippen molar-refractivity contribution >= 4 is 27.6 Å². The standard InChI is InChI=1S/C47H80O17P2/c1-3-5-7-9-11-13-14-15-16-17-18-20-22-24-29-33-40(48)59-35-37(36-60-66(57,58)64-47-44(52)42(50)43(51)46(45(47)53)63-65(54,55)56)61-41(49)34-30-26-25-28-32-39-38(62-39)31-27-23-21-19-12-10-8-6-4-2/h11-13,15-16,19,23,25,27-28,37-39,42-47,50-53H,3-10,14,17-18,20-22,24,26,29-36H2,1-2H3,(H,57,58)(H2,54,55,56)/b13-11-,16-15-,19-12-,27-23-,28-25-/t37-,38?,39?,42?,43?,44?,45?,46-,47+/m1/s1. The summed E-state index contributed by atoms with van der Waals surface area (Å²) >= 11 is 0. The van der Waals surface area contributed by atoms with E-state index in [1.807, 2.05) is 12.2 Å². The molecule has 7 unspecified atom stereocenters. The van der Waals surface area contributed by atoms with Gasteiger partial charge < -0.3 is 49.3 Å². The van der Waals surface area contributed by atoms with Crippen molar-refractivity contribution in [3.05, 3.63) is 60.8 Å².